The zero-order valence-corrected chi connectivity index (χ0v) is 12.6. The molecule has 0 radical (unpaired) electrons. The molecule has 0 fully saturated rings. The highest BCUT2D eigenvalue weighted by Crippen LogP contribution is 2.39. The van der Waals surface area contributed by atoms with E-state index in [2.05, 4.69) is 15.9 Å². The maximum atomic E-state index is 11.1. The highest BCUT2D eigenvalue weighted by atomic mass is 79.9. The number of hydrogen-bond donors (Lipinski definition) is 0. The summed E-state index contributed by atoms with van der Waals surface area (Å²) in [5.41, 5.74) is -1.39. The molecule has 2 aromatic carbocycles. The van der Waals surface area contributed by atoms with Crippen molar-refractivity contribution in [2.45, 2.75) is 0 Å². The first-order valence-corrected chi connectivity index (χ1v) is 6.63. The van der Waals surface area contributed by atoms with Crippen LogP contribution in [0.15, 0.2) is 40.9 Å². The van der Waals surface area contributed by atoms with Crippen molar-refractivity contribution in [3.05, 3.63) is 71.2 Å². The van der Waals surface area contributed by atoms with E-state index >= 15 is 0 Å². The van der Waals surface area contributed by atoms with Crippen LogP contribution >= 0.6 is 15.9 Å². The lowest BCUT2D eigenvalue weighted by Crippen LogP contribution is -1.97. The van der Waals surface area contributed by atoms with Gasteiger partial charge in [0.2, 0.25) is 5.75 Å². The van der Waals surface area contributed by atoms with Gasteiger partial charge in [-0.1, -0.05) is 6.07 Å². The second kappa shape index (κ2) is 6.36. The summed E-state index contributed by atoms with van der Waals surface area (Å²) in [5, 5.41) is 32.6. The average molecular weight is 384 g/mol. The molecular formula is C12H6BrN3O7. The summed E-state index contributed by atoms with van der Waals surface area (Å²) < 4.78 is 5.26. The van der Waals surface area contributed by atoms with Crippen LogP contribution in [0.2, 0.25) is 0 Å². The molecule has 2 aromatic rings. The Morgan fingerprint density at radius 3 is 2.09 bits per heavy atom. The predicted octanol–water partition coefficient (Wildman–Crippen LogP) is 3.97. The van der Waals surface area contributed by atoms with E-state index in [1.807, 2.05) is 0 Å². The van der Waals surface area contributed by atoms with Crippen LogP contribution in [0.4, 0.5) is 17.1 Å². The molecule has 2 rings (SSSR count). The molecule has 0 aliphatic carbocycles. The van der Waals surface area contributed by atoms with Crippen molar-refractivity contribution >= 4 is 33.0 Å². The Labute approximate surface area is 135 Å². The smallest absolute Gasteiger partial charge is 0.318 e. The lowest BCUT2D eigenvalue weighted by Gasteiger charge is -2.07. The fraction of sp³-hybridized carbons (Fsp3) is 0. The maximum Gasteiger partial charge on any atom is 0.318 e. The van der Waals surface area contributed by atoms with Crippen molar-refractivity contribution in [2.75, 3.05) is 0 Å². The fourth-order valence-electron chi connectivity index (χ4n) is 1.68. The van der Waals surface area contributed by atoms with Crippen molar-refractivity contribution in [3.8, 4) is 11.5 Å². The van der Waals surface area contributed by atoms with Crippen molar-refractivity contribution in [1.82, 2.24) is 0 Å². The Bertz CT molecular complexity index is 824. The minimum atomic E-state index is -0.841. The van der Waals surface area contributed by atoms with Crippen LogP contribution in [0, 0.1) is 30.3 Å². The highest BCUT2D eigenvalue weighted by Gasteiger charge is 2.25. The molecule has 10 nitrogen and oxygen atoms in total. The van der Waals surface area contributed by atoms with Crippen LogP contribution in [0.3, 0.4) is 0 Å². The third-order valence-electron chi connectivity index (χ3n) is 2.68. The number of halogens is 1. The van der Waals surface area contributed by atoms with Gasteiger partial charge in [-0.3, -0.25) is 30.3 Å². The molecule has 0 unspecified atom stereocenters. The van der Waals surface area contributed by atoms with Crippen LogP contribution in [0.5, 0.6) is 11.5 Å². The third kappa shape index (κ3) is 3.58. The number of rotatable bonds is 5. The second-order valence-electron chi connectivity index (χ2n) is 4.14. The molecule has 23 heavy (non-hydrogen) atoms. The molecule has 0 aliphatic rings. The number of nitro groups is 3. The summed E-state index contributed by atoms with van der Waals surface area (Å²) >= 11 is 2.93. The highest BCUT2D eigenvalue weighted by molar-refractivity contribution is 9.10. The molecule has 0 aromatic heterocycles. The summed E-state index contributed by atoms with van der Waals surface area (Å²) in [6.07, 6.45) is 0. The number of nitrogens with zero attached hydrogens (tertiary/aromatic N) is 3. The number of ether oxygens (including phenoxy) is 1. The van der Waals surface area contributed by atoms with E-state index < -0.39 is 26.1 Å². The summed E-state index contributed by atoms with van der Waals surface area (Å²) in [7, 11) is 0. The van der Waals surface area contributed by atoms with Gasteiger partial charge in [-0.05, 0) is 22.0 Å². The largest absolute Gasteiger partial charge is 0.450 e. The first-order valence-electron chi connectivity index (χ1n) is 5.84. The molecule has 0 saturated carbocycles. The summed E-state index contributed by atoms with van der Waals surface area (Å²) in [6, 6.07) is 6.84. The van der Waals surface area contributed by atoms with Crippen molar-refractivity contribution in [1.29, 1.82) is 0 Å². The van der Waals surface area contributed by atoms with Crippen LogP contribution in [-0.2, 0) is 0 Å². The lowest BCUT2D eigenvalue weighted by atomic mass is 10.2. The van der Waals surface area contributed by atoms with Crippen molar-refractivity contribution < 1.29 is 19.5 Å². The molecule has 0 heterocycles. The number of hydrogen-bond acceptors (Lipinski definition) is 7. The van der Waals surface area contributed by atoms with E-state index in [0.717, 1.165) is 18.2 Å². The van der Waals surface area contributed by atoms with Gasteiger partial charge in [0.05, 0.1) is 31.4 Å². The van der Waals surface area contributed by atoms with E-state index in [4.69, 9.17) is 4.74 Å². The quantitative estimate of drug-likeness (QED) is 0.561. The summed E-state index contributed by atoms with van der Waals surface area (Å²) in [4.78, 5) is 30.3. The van der Waals surface area contributed by atoms with Gasteiger partial charge in [0.15, 0.2) is 0 Å². The molecule has 11 heteroatoms. The van der Waals surface area contributed by atoms with Gasteiger partial charge < -0.3 is 4.74 Å². The van der Waals surface area contributed by atoms with Crippen LogP contribution in [0.1, 0.15) is 0 Å². The number of benzene rings is 2. The van der Waals surface area contributed by atoms with Gasteiger partial charge in [-0.2, -0.15) is 0 Å². The van der Waals surface area contributed by atoms with Gasteiger partial charge >= 0.3 is 5.69 Å². The standard InChI is InChI=1S/C12H6BrN3O7/c13-9-5-12(11(16(21)22)6-10(9)15(19)20)23-8-3-1-2-7(4-8)14(17)18/h1-6H. The van der Waals surface area contributed by atoms with Gasteiger partial charge in [-0.15, -0.1) is 0 Å². The monoisotopic (exact) mass is 383 g/mol. The zero-order valence-electron chi connectivity index (χ0n) is 11.0. The van der Waals surface area contributed by atoms with Gasteiger partial charge in [0.1, 0.15) is 5.75 Å². The van der Waals surface area contributed by atoms with Gasteiger partial charge in [0, 0.05) is 12.1 Å². The Hall–Kier alpha value is -3.08. The molecule has 0 saturated heterocycles. The Balaban J connectivity index is 2.49. The molecule has 0 amide bonds. The minimum absolute atomic E-state index is 0.0111. The maximum absolute atomic E-state index is 11.1. The van der Waals surface area contributed by atoms with Crippen LogP contribution < -0.4 is 4.74 Å². The lowest BCUT2D eigenvalue weighted by molar-refractivity contribution is -0.395. The van der Waals surface area contributed by atoms with Gasteiger partial charge in [-0.25, -0.2) is 0 Å². The fourth-order valence-corrected chi connectivity index (χ4v) is 2.15. The SMILES string of the molecule is O=[N+]([O-])c1cccc(Oc2cc(Br)c([N+](=O)[O-])cc2[N+](=O)[O-])c1. The molecule has 0 N–H and O–H groups in total. The van der Waals surface area contributed by atoms with Gasteiger partial charge in [0.25, 0.3) is 11.4 Å². The molecule has 0 bridgehead atoms. The van der Waals surface area contributed by atoms with E-state index in [-0.39, 0.29) is 21.7 Å². The first kappa shape index (κ1) is 16.3. The van der Waals surface area contributed by atoms with E-state index in [0.29, 0.717) is 0 Å². The molecular weight excluding hydrogens is 378 g/mol. The van der Waals surface area contributed by atoms with E-state index in [1.54, 1.807) is 0 Å². The second-order valence-corrected chi connectivity index (χ2v) is 5.00. The molecule has 0 aliphatic heterocycles. The molecule has 0 spiro atoms. The Kier molecular flexibility index (Phi) is 4.50. The van der Waals surface area contributed by atoms with Crippen molar-refractivity contribution in [2.24, 2.45) is 0 Å². The zero-order chi connectivity index (χ0) is 17.1. The molecule has 118 valence electrons. The number of non-ortho nitro benzene ring substituents is 1. The Morgan fingerprint density at radius 1 is 0.870 bits per heavy atom. The van der Waals surface area contributed by atoms with E-state index in [9.17, 15) is 30.3 Å². The van der Waals surface area contributed by atoms with Crippen LogP contribution in [-0.4, -0.2) is 14.8 Å². The Morgan fingerprint density at radius 2 is 1.52 bits per heavy atom. The first-order chi connectivity index (χ1) is 10.8. The number of nitro benzene ring substituents is 3. The normalized spacial score (nSPS) is 10.1. The van der Waals surface area contributed by atoms with Crippen molar-refractivity contribution in [3.63, 3.8) is 0 Å². The van der Waals surface area contributed by atoms with Crippen LogP contribution in [0.25, 0.3) is 0 Å². The average Bonchev–Trinajstić information content (AvgIpc) is 2.46. The minimum Gasteiger partial charge on any atom is -0.450 e. The molecule has 0 atom stereocenters. The van der Waals surface area contributed by atoms with E-state index in [1.165, 1.54) is 18.2 Å². The predicted molar refractivity (Wildman–Crippen MR) is 80.6 cm³/mol. The summed E-state index contributed by atoms with van der Waals surface area (Å²) in [6.45, 7) is 0. The topological polar surface area (TPSA) is 139 Å². The third-order valence-corrected chi connectivity index (χ3v) is 3.31. The summed E-state index contributed by atoms with van der Waals surface area (Å²) in [5.74, 6) is -0.295.